The number of carbonyl (C=O) groups is 1. The van der Waals surface area contributed by atoms with Gasteiger partial charge >= 0.3 is 0 Å². The third-order valence-electron chi connectivity index (χ3n) is 3.29. The minimum Gasteiger partial charge on any atom is -0.507 e. The number of hydrogen-bond donors (Lipinski definition) is 3. The van der Waals surface area contributed by atoms with Crippen LogP contribution < -0.4 is 9.47 Å². The van der Waals surface area contributed by atoms with Crippen LogP contribution in [-0.4, -0.2) is 61.0 Å². The van der Waals surface area contributed by atoms with Gasteiger partial charge in [-0.1, -0.05) is 0 Å². The maximum atomic E-state index is 9.75. The molecule has 8 nitrogen and oxygen atoms in total. The van der Waals surface area contributed by atoms with Crippen LogP contribution in [0, 0.1) is 0 Å². The second kappa shape index (κ2) is 14.0. The molecule has 0 bridgehead atoms. The predicted octanol–water partition coefficient (Wildman–Crippen LogP) is 2.74. The molecular weight excluding hydrogens is 419 g/mol. The molecule has 2 aromatic rings. The quantitative estimate of drug-likeness (QED) is 0.344. The van der Waals surface area contributed by atoms with E-state index in [9.17, 15) is 10.2 Å². The van der Waals surface area contributed by atoms with Gasteiger partial charge in [0.05, 0.1) is 27.3 Å². The topological polar surface area (TPSA) is 121 Å². The smallest absolute Gasteiger partial charge is 0.300 e. The van der Waals surface area contributed by atoms with Crippen molar-refractivity contribution in [1.29, 1.82) is 0 Å². The summed E-state index contributed by atoms with van der Waals surface area (Å²) in [6.45, 7) is 2.00. The van der Waals surface area contributed by atoms with E-state index in [1.165, 1.54) is 0 Å². The predicted molar refractivity (Wildman–Crippen MR) is 108 cm³/mol. The number of carboxylic acid groups (broad SMARTS) is 1. The molecule has 0 unspecified atom stereocenters. The SMILES string of the molecule is CC(=O)O.COc1ccc(O)c(C=NCCN=Cc2cc(OC)ccc2O)c1.[Mn]. The van der Waals surface area contributed by atoms with Crippen LogP contribution in [0.2, 0.25) is 0 Å². The van der Waals surface area contributed by atoms with Crippen LogP contribution in [0.5, 0.6) is 23.0 Å². The van der Waals surface area contributed by atoms with E-state index in [0.29, 0.717) is 35.7 Å². The normalized spacial score (nSPS) is 10.2. The molecule has 29 heavy (non-hydrogen) atoms. The second-order valence-electron chi connectivity index (χ2n) is 5.44. The number of aromatic hydroxyl groups is 2. The molecule has 0 aliphatic heterocycles. The van der Waals surface area contributed by atoms with Crippen LogP contribution >= 0.6 is 0 Å². The van der Waals surface area contributed by atoms with Gasteiger partial charge in [0.15, 0.2) is 0 Å². The maximum absolute atomic E-state index is 9.75. The molecule has 3 N–H and O–H groups in total. The summed E-state index contributed by atoms with van der Waals surface area (Å²) in [7, 11) is 3.13. The molecule has 0 aliphatic rings. The fraction of sp³-hybridized carbons (Fsp3) is 0.250. The third-order valence-corrected chi connectivity index (χ3v) is 3.29. The number of phenols is 2. The number of aliphatic carboxylic acids is 1. The Hall–Kier alpha value is -3.03. The number of rotatable bonds is 7. The van der Waals surface area contributed by atoms with Crippen molar-refractivity contribution in [2.45, 2.75) is 6.92 Å². The van der Waals surface area contributed by atoms with Gasteiger partial charge in [0.25, 0.3) is 5.97 Å². The average molecular weight is 443 g/mol. The number of aliphatic imine (C=N–C) groups is 2. The maximum Gasteiger partial charge on any atom is 0.300 e. The first kappa shape index (κ1) is 26.0. The Labute approximate surface area is 180 Å². The minimum atomic E-state index is -0.833. The molecule has 0 fully saturated rings. The summed E-state index contributed by atoms with van der Waals surface area (Å²) in [5, 5.41) is 26.9. The Balaban J connectivity index is 0.00000143. The van der Waals surface area contributed by atoms with E-state index in [0.717, 1.165) is 6.92 Å². The first-order valence-electron chi connectivity index (χ1n) is 8.30. The second-order valence-corrected chi connectivity index (χ2v) is 5.44. The molecule has 0 saturated heterocycles. The zero-order valence-corrected chi connectivity index (χ0v) is 17.6. The summed E-state index contributed by atoms with van der Waals surface area (Å²) in [5.41, 5.74) is 1.17. The minimum absolute atomic E-state index is 0. The first-order valence-corrected chi connectivity index (χ1v) is 8.30. The van der Waals surface area contributed by atoms with E-state index < -0.39 is 5.97 Å². The van der Waals surface area contributed by atoms with Crippen molar-refractivity contribution >= 4 is 18.4 Å². The summed E-state index contributed by atoms with van der Waals surface area (Å²) in [5.74, 6) is 0.759. The third kappa shape index (κ3) is 10.2. The van der Waals surface area contributed by atoms with Gasteiger partial charge in [0.1, 0.15) is 23.0 Å². The fourth-order valence-electron chi connectivity index (χ4n) is 1.97. The van der Waals surface area contributed by atoms with Gasteiger partial charge in [-0.25, -0.2) is 0 Å². The van der Waals surface area contributed by atoms with Crippen LogP contribution in [0.15, 0.2) is 46.4 Å². The zero-order chi connectivity index (χ0) is 20.9. The van der Waals surface area contributed by atoms with E-state index in [1.54, 1.807) is 63.0 Å². The van der Waals surface area contributed by atoms with Crippen LogP contribution in [0.25, 0.3) is 0 Å². The molecule has 9 heteroatoms. The summed E-state index contributed by atoms with van der Waals surface area (Å²) in [6, 6.07) is 9.88. The van der Waals surface area contributed by atoms with Gasteiger partial charge in [-0.15, -0.1) is 0 Å². The van der Waals surface area contributed by atoms with Gasteiger partial charge in [0.2, 0.25) is 0 Å². The number of ether oxygens (including phenoxy) is 2. The van der Waals surface area contributed by atoms with Crippen molar-refractivity contribution in [2.75, 3.05) is 27.3 Å². The number of nitrogens with zero attached hydrogens (tertiary/aromatic N) is 2. The van der Waals surface area contributed by atoms with Crippen molar-refractivity contribution < 1.29 is 46.7 Å². The molecule has 0 aliphatic carbocycles. The molecule has 0 heterocycles. The zero-order valence-electron chi connectivity index (χ0n) is 16.4. The van der Waals surface area contributed by atoms with E-state index in [1.807, 2.05) is 0 Å². The van der Waals surface area contributed by atoms with Crippen LogP contribution in [0.4, 0.5) is 0 Å². The van der Waals surface area contributed by atoms with Gasteiger partial charge in [0, 0.05) is 47.5 Å². The summed E-state index contributed by atoms with van der Waals surface area (Å²) < 4.78 is 10.2. The number of methoxy groups -OCH3 is 2. The van der Waals surface area contributed by atoms with Crippen molar-refractivity contribution in [2.24, 2.45) is 9.98 Å². The van der Waals surface area contributed by atoms with Crippen molar-refractivity contribution in [3.8, 4) is 23.0 Å². The van der Waals surface area contributed by atoms with Crippen LogP contribution in [-0.2, 0) is 21.9 Å². The molecule has 0 spiro atoms. The van der Waals surface area contributed by atoms with Crippen LogP contribution in [0.3, 0.4) is 0 Å². The van der Waals surface area contributed by atoms with Gasteiger partial charge in [-0.05, 0) is 36.4 Å². The summed E-state index contributed by atoms with van der Waals surface area (Å²) >= 11 is 0. The Morgan fingerprint density at radius 1 is 0.897 bits per heavy atom. The van der Waals surface area contributed by atoms with E-state index in [-0.39, 0.29) is 28.6 Å². The molecule has 0 saturated carbocycles. The van der Waals surface area contributed by atoms with Gasteiger partial charge < -0.3 is 24.8 Å². The van der Waals surface area contributed by atoms with E-state index in [4.69, 9.17) is 19.4 Å². The largest absolute Gasteiger partial charge is 0.507 e. The molecule has 157 valence electrons. The van der Waals surface area contributed by atoms with Crippen molar-refractivity contribution in [3.63, 3.8) is 0 Å². The van der Waals surface area contributed by atoms with E-state index in [2.05, 4.69) is 9.98 Å². The van der Waals surface area contributed by atoms with Gasteiger partial charge in [-0.2, -0.15) is 0 Å². The Bertz CT molecular complexity index is 772. The summed E-state index contributed by atoms with van der Waals surface area (Å²) in [6.07, 6.45) is 3.16. The molecule has 0 atom stereocenters. The molecule has 1 radical (unpaired) electrons. The number of carboxylic acids is 1. The van der Waals surface area contributed by atoms with Gasteiger partial charge in [-0.3, -0.25) is 14.8 Å². The summed E-state index contributed by atoms with van der Waals surface area (Å²) in [4.78, 5) is 17.4. The molecule has 0 amide bonds. The first-order chi connectivity index (χ1) is 13.4. The monoisotopic (exact) mass is 443 g/mol. The number of phenolic OH excluding ortho intramolecular Hbond substituents is 2. The molecular formula is C20H24MnN2O6. The Kier molecular flexibility index (Phi) is 12.6. The van der Waals surface area contributed by atoms with Crippen molar-refractivity contribution in [1.82, 2.24) is 0 Å². The fourth-order valence-corrected chi connectivity index (χ4v) is 1.97. The number of benzene rings is 2. The number of hydrogen-bond acceptors (Lipinski definition) is 7. The molecule has 2 aromatic carbocycles. The van der Waals surface area contributed by atoms with Crippen molar-refractivity contribution in [3.05, 3.63) is 47.5 Å². The standard InChI is InChI=1S/C18H20N2O4.C2H4O2.Mn/c1-23-15-3-5-17(21)13(9-15)11-19-7-8-20-12-14-10-16(24-2)4-6-18(14)22;1-2(3)4;/h3-6,9-12,21-22H,7-8H2,1-2H3;1H3,(H,3,4);. The Morgan fingerprint density at radius 3 is 1.55 bits per heavy atom. The average Bonchev–Trinajstić information content (AvgIpc) is 2.66. The molecule has 2 rings (SSSR count). The van der Waals surface area contributed by atoms with Crippen LogP contribution in [0.1, 0.15) is 18.1 Å². The Morgan fingerprint density at radius 2 is 1.24 bits per heavy atom. The van der Waals surface area contributed by atoms with E-state index >= 15 is 0 Å². The molecule has 0 aromatic heterocycles.